The SMILES string of the molecule is Cc1ccc(Cl)cc1CNc1ncc([N+](=O)[O-])c(NCC2CCC(N)CC2)n1. The van der Waals surface area contributed by atoms with Crippen molar-refractivity contribution >= 4 is 29.1 Å². The molecule has 1 aromatic carbocycles. The third-order valence-corrected chi connectivity index (χ3v) is 5.40. The Bertz CT molecular complexity index is 839. The van der Waals surface area contributed by atoms with E-state index in [-0.39, 0.29) is 17.5 Å². The van der Waals surface area contributed by atoms with Crippen molar-refractivity contribution in [2.24, 2.45) is 11.7 Å². The van der Waals surface area contributed by atoms with Crippen molar-refractivity contribution in [1.29, 1.82) is 0 Å². The number of anilines is 2. The van der Waals surface area contributed by atoms with Crippen molar-refractivity contribution in [3.63, 3.8) is 0 Å². The van der Waals surface area contributed by atoms with Gasteiger partial charge in [0.1, 0.15) is 6.20 Å². The predicted molar refractivity (Wildman–Crippen MR) is 111 cm³/mol. The molecule has 3 rings (SSSR count). The predicted octanol–water partition coefficient (Wildman–Crippen LogP) is 3.89. The number of halogens is 1. The number of nitrogens with zero attached hydrogens (tertiary/aromatic N) is 3. The number of aryl methyl sites for hydroxylation is 1. The molecule has 1 aliphatic carbocycles. The van der Waals surface area contributed by atoms with E-state index in [4.69, 9.17) is 17.3 Å². The second-order valence-corrected chi connectivity index (χ2v) is 7.71. The van der Waals surface area contributed by atoms with Gasteiger partial charge in [0.15, 0.2) is 0 Å². The highest BCUT2D eigenvalue weighted by atomic mass is 35.5. The standard InChI is InChI=1S/C19H25ClN6O2/c1-12-2-5-15(20)8-14(12)10-23-19-24-11-17(26(27)28)18(25-19)22-9-13-3-6-16(21)7-4-13/h2,5,8,11,13,16H,3-4,6-7,9-10,21H2,1H3,(H2,22,23,24,25). The summed E-state index contributed by atoms with van der Waals surface area (Å²) >= 11 is 6.05. The van der Waals surface area contributed by atoms with E-state index in [1.54, 1.807) is 0 Å². The van der Waals surface area contributed by atoms with Crippen molar-refractivity contribution in [2.45, 2.75) is 45.2 Å². The molecule has 0 amide bonds. The van der Waals surface area contributed by atoms with Crippen LogP contribution in [0.3, 0.4) is 0 Å². The summed E-state index contributed by atoms with van der Waals surface area (Å²) in [4.78, 5) is 19.3. The molecular formula is C19H25ClN6O2. The first-order chi connectivity index (χ1) is 13.4. The summed E-state index contributed by atoms with van der Waals surface area (Å²) in [6, 6.07) is 5.93. The fourth-order valence-electron chi connectivity index (χ4n) is 3.36. The molecular weight excluding hydrogens is 380 g/mol. The molecule has 28 heavy (non-hydrogen) atoms. The van der Waals surface area contributed by atoms with Gasteiger partial charge < -0.3 is 16.4 Å². The molecule has 1 heterocycles. The molecule has 9 heteroatoms. The van der Waals surface area contributed by atoms with Gasteiger partial charge in [-0.1, -0.05) is 17.7 Å². The number of nitrogens with one attached hydrogen (secondary N) is 2. The van der Waals surface area contributed by atoms with Gasteiger partial charge in [-0.15, -0.1) is 0 Å². The van der Waals surface area contributed by atoms with Crippen molar-refractivity contribution in [1.82, 2.24) is 9.97 Å². The molecule has 0 bridgehead atoms. The molecule has 0 unspecified atom stereocenters. The van der Waals surface area contributed by atoms with Gasteiger partial charge in [-0.2, -0.15) is 4.98 Å². The molecule has 1 fully saturated rings. The summed E-state index contributed by atoms with van der Waals surface area (Å²) in [5.41, 5.74) is 7.92. The Morgan fingerprint density at radius 1 is 1.29 bits per heavy atom. The molecule has 0 saturated heterocycles. The van der Waals surface area contributed by atoms with E-state index < -0.39 is 4.92 Å². The van der Waals surface area contributed by atoms with E-state index in [0.29, 0.717) is 30.0 Å². The minimum absolute atomic E-state index is 0.128. The molecule has 1 aliphatic rings. The first-order valence-electron chi connectivity index (χ1n) is 9.42. The molecule has 2 aromatic rings. The smallest absolute Gasteiger partial charge is 0.329 e. The first kappa shape index (κ1) is 20.3. The zero-order valence-electron chi connectivity index (χ0n) is 15.8. The lowest BCUT2D eigenvalue weighted by Gasteiger charge is -2.26. The average molecular weight is 405 g/mol. The Hall–Kier alpha value is -2.45. The zero-order chi connectivity index (χ0) is 20.1. The molecule has 0 spiro atoms. The number of aromatic nitrogens is 2. The van der Waals surface area contributed by atoms with Gasteiger partial charge in [-0.05, 0) is 61.8 Å². The van der Waals surface area contributed by atoms with Gasteiger partial charge in [0.05, 0.1) is 4.92 Å². The number of benzene rings is 1. The Morgan fingerprint density at radius 3 is 2.75 bits per heavy atom. The van der Waals surface area contributed by atoms with Crippen molar-refractivity contribution in [2.75, 3.05) is 17.2 Å². The Labute approximate surface area is 169 Å². The number of hydrogen-bond acceptors (Lipinski definition) is 7. The maximum absolute atomic E-state index is 11.3. The number of nitrogens with two attached hydrogens (primary N) is 1. The van der Waals surface area contributed by atoms with E-state index in [2.05, 4.69) is 20.6 Å². The van der Waals surface area contributed by atoms with Crippen LogP contribution in [0.15, 0.2) is 24.4 Å². The van der Waals surface area contributed by atoms with E-state index in [0.717, 1.165) is 36.8 Å². The van der Waals surface area contributed by atoms with Crippen LogP contribution in [-0.2, 0) is 6.54 Å². The van der Waals surface area contributed by atoms with Crippen LogP contribution in [0.1, 0.15) is 36.8 Å². The van der Waals surface area contributed by atoms with Gasteiger partial charge in [0.25, 0.3) is 0 Å². The van der Waals surface area contributed by atoms with Crippen LogP contribution in [0, 0.1) is 23.0 Å². The highest BCUT2D eigenvalue weighted by molar-refractivity contribution is 6.30. The van der Waals surface area contributed by atoms with E-state index >= 15 is 0 Å². The third kappa shape index (κ3) is 5.30. The summed E-state index contributed by atoms with van der Waals surface area (Å²) in [6.45, 7) is 3.11. The van der Waals surface area contributed by atoms with Crippen LogP contribution in [0.25, 0.3) is 0 Å². The average Bonchev–Trinajstić information content (AvgIpc) is 2.68. The molecule has 1 aromatic heterocycles. The fourth-order valence-corrected chi connectivity index (χ4v) is 3.56. The van der Waals surface area contributed by atoms with Gasteiger partial charge in [-0.3, -0.25) is 10.1 Å². The summed E-state index contributed by atoms with van der Waals surface area (Å²) in [6.07, 6.45) is 5.26. The maximum Gasteiger partial charge on any atom is 0.329 e. The molecule has 4 N–H and O–H groups in total. The lowest BCUT2D eigenvalue weighted by atomic mass is 9.86. The summed E-state index contributed by atoms with van der Waals surface area (Å²) in [5, 5.41) is 18.2. The zero-order valence-corrected chi connectivity index (χ0v) is 16.6. The molecule has 0 radical (unpaired) electrons. The van der Waals surface area contributed by atoms with Gasteiger partial charge in [0, 0.05) is 24.2 Å². The first-order valence-corrected chi connectivity index (χ1v) is 9.80. The Kier molecular flexibility index (Phi) is 6.64. The normalized spacial score (nSPS) is 19.2. The van der Waals surface area contributed by atoms with Crippen molar-refractivity contribution in [3.8, 4) is 0 Å². The van der Waals surface area contributed by atoms with E-state index in [1.807, 2.05) is 25.1 Å². The summed E-state index contributed by atoms with van der Waals surface area (Å²) in [5.74, 6) is 1.01. The lowest BCUT2D eigenvalue weighted by molar-refractivity contribution is -0.384. The van der Waals surface area contributed by atoms with Crippen LogP contribution in [-0.4, -0.2) is 27.5 Å². The van der Waals surface area contributed by atoms with Gasteiger partial charge >= 0.3 is 5.69 Å². The molecule has 0 aliphatic heterocycles. The fraction of sp³-hybridized carbons (Fsp3) is 0.474. The Balaban J connectivity index is 1.68. The highest BCUT2D eigenvalue weighted by Gasteiger charge is 2.21. The molecule has 0 atom stereocenters. The topological polar surface area (TPSA) is 119 Å². The minimum atomic E-state index is -0.468. The van der Waals surface area contributed by atoms with Crippen LogP contribution in [0.5, 0.6) is 0 Å². The summed E-state index contributed by atoms with van der Waals surface area (Å²) in [7, 11) is 0. The third-order valence-electron chi connectivity index (χ3n) is 5.16. The number of hydrogen-bond donors (Lipinski definition) is 3. The van der Waals surface area contributed by atoms with Gasteiger partial charge in [0.2, 0.25) is 11.8 Å². The maximum atomic E-state index is 11.3. The Morgan fingerprint density at radius 2 is 2.04 bits per heavy atom. The molecule has 150 valence electrons. The van der Waals surface area contributed by atoms with Crippen LogP contribution >= 0.6 is 11.6 Å². The summed E-state index contributed by atoms with van der Waals surface area (Å²) < 4.78 is 0. The monoisotopic (exact) mass is 404 g/mol. The van der Waals surface area contributed by atoms with Crippen LogP contribution in [0.2, 0.25) is 5.02 Å². The number of nitro groups is 1. The van der Waals surface area contributed by atoms with Crippen molar-refractivity contribution < 1.29 is 4.92 Å². The second kappa shape index (κ2) is 9.16. The quantitative estimate of drug-likeness (QED) is 0.473. The van der Waals surface area contributed by atoms with Crippen molar-refractivity contribution in [3.05, 3.63) is 50.7 Å². The van der Waals surface area contributed by atoms with E-state index in [1.165, 1.54) is 6.20 Å². The van der Waals surface area contributed by atoms with Crippen LogP contribution in [0.4, 0.5) is 17.5 Å². The lowest BCUT2D eigenvalue weighted by Crippen LogP contribution is -2.29. The highest BCUT2D eigenvalue weighted by Crippen LogP contribution is 2.26. The minimum Gasteiger partial charge on any atom is -0.364 e. The van der Waals surface area contributed by atoms with E-state index in [9.17, 15) is 10.1 Å². The molecule has 1 saturated carbocycles. The molecule has 8 nitrogen and oxygen atoms in total. The number of rotatable bonds is 7. The second-order valence-electron chi connectivity index (χ2n) is 7.27. The van der Waals surface area contributed by atoms with Gasteiger partial charge in [-0.25, -0.2) is 4.98 Å². The van der Waals surface area contributed by atoms with Crippen LogP contribution < -0.4 is 16.4 Å². The largest absolute Gasteiger partial charge is 0.364 e.